The molecule has 0 aliphatic carbocycles. The maximum absolute atomic E-state index is 12.9. The first-order valence-electron chi connectivity index (χ1n) is 4.10. The van der Waals surface area contributed by atoms with Gasteiger partial charge in [-0.05, 0) is 52.6 Å². The minimum atomic E-state index is -0.123. The molecule has 1 rings (SSSR count). The van der Waals surface area contributed by atoms with Crippen molar-refractivity contribution in [3.63, 3.8) is 0 Å². The van der Waals surface area contributed by atoms with Crippen LogP contribution in [-0.2, 0) is 0 Å². The van der Waals surface area contributed by atoms with E-state index in [4.69, 9.17) is 0 Å². The van der Waals surface area contributed by atoms with Gasteiger partial charge >= 0.3 is 0 Å². The SMILES string of the molecule is CCC(C)c1ccc(F)c(I)c1. The largest absolute Gasteiger partial charge is 0.206 e. The molecule has 12 heavy (non-hydrogen) atoms. The standard InChI is InChI=1S/C10H12FI/c1-3-7(2)8-4-5-9(11)10(12)6-8/h4-7H,3H2,1-2H3. The Morgan fingerprint density at radius 3 is 2.67 bits per heavy atom. The van der Waals surface area contributed by atoms with Gasteiger partial charge in [-0.1, -0.05) is 19.9 Å². The van der Waals surface area contributed by atoms with E-state index in [9.17, 15) is 4.39 Å². The van der Waals surface area contributed by atoms with E-state index in [0.717, 1.165) is 6.42 Å². The van der Waals surface area contributed by atoms with E-state index >= 15 is 0 Å². The Morgan fingerprint density at radius 2 is 2.17 bits per heavy atom. The van der Waals surface area contributed by atoms with Crippen LogP contribution in [0.25, 0.3) is 0 Å². The fourth-order valence-corrected chi connectivity index (χ4v) is 1.59. The zero-order valence-corrected chi connectivity index (χ0v) is 9.43. The first-order valence-corrected chi connectivity index (χ1v) is 5.18. The van der Waals surface area contributed by atoms with Gasteiger partial charge in [-0.2, -0.15) is 0 Å². The summed E-state index contributed by atoms with van der Waals surface area (Å²) >= 11 is 2.02. The summed E-state index contributed by atoms with van der Waals surface area (Å²) in [6.07, 6.45) is 1.10. The van der Waals surface area contributed by atoms with Crippen molar-refractivity contribution in [2.75, 3.05) is 0 Å². The van der Waals surface area contributed by atoms with Crippen LogP contribution >= 0.6 is 22.6 Å². The molecule has 66 valence electrons. The van der Waals surface area contributed by atoms with Crippen LogP contribution in [0.4, 0.5) is 4.39 Å². The molecule has 0 heterocycles. The third-order valence-corrected chi connectivity index (χ3v) is 2.95. The zero-order chi connectivity index (χ0) is 9.14. The van der Waals surface area contributed by atoms with Crippen LogP contribution in [0.2, 0.25) is 0 Å². The molecule has 1 unspecified atom stereocenters. The molecule has 0 nitrogen and oxygen atoms in total. The third kappa shape index (κ3) is 2.19. The number of halogens is 2. The summed E-state index contributed by atoms with van der Waals surface area (Å²) < 4.78 is 13.6. The molecule has 0 aliphatic heterocycles. The van der Waals surface area contributed by atoms with Crippen LogP contribution in [-0.4, -0.2) is 0 Å². The van der Waals surface area contributed by atoms with E-state index in [2.05, 4.69) is 13.8 Å². The van der Waals surface area contributed by atoms with Crippen molar-refractivity contribution >= 4 is 22.6 Å². The molecular weight excluding hydrogens is 266 g/mol. The predicted octanol–water partition coefficient (Wildman–Crippen LogP) is 3.94. The van der Waals surface area contributed by atoms with Gasteiger partial charge in [0.25, 0.3) is 0 Å². The lowest BCUT2D eigenvalue weighted by molar-refractivity contribution is 0.617. The van der Waals surface area contributed by atoms with Gasteiger partial charge in [-0.3, -0.25) is 0 Å². The van der Waals surface area contributed by atoms with Crippen LogP contribution in [0.1, 0.15) is 31.7 Å². The highest BCUT2D eigenvalue weighted by atomic mass is 127. The molecule has 0 aromatic heterocycles. The maximum Gasteiger partial charge on any atom is 0.136 e. The number of rotatable bonds is 2. The van der Waals surface area contributed by atoms with Gasteiger partial charge in [0.15, 0.2) is 0 Å². The van der Waals surface area contributed by atoms with Gasteiger partial charge in [-0.15, -0.1) is 0 Å². The number of hydrogen-bond acceptors (Lipinski definition) is 0. The van der Waals surface area contributed by atoms with Crippen molar-refractivity contribution < 1.29 is 4.39 Å². The van der Waals surface area contributed by atoms with Crippen LogP contribution in [0.15, 0.2) is 18.2 Å². The van der Waals surface area contributed by atoms with Gasteiger partial charge in [0.05, 0.1) is 0 Å². The third-order valence-electron chi connectivity index (χ3n) is 2.13. The van der Waals surface area contributed by atoms with Crippen LogP contribution in [0, 0.1) is 9.39 Å². The first kappa shape index (κ1) is 9.96. The Labute approximate surface area is 86.3 Å². The van der Waals surface area contributed by atoms with E-state index in [1.807, 2.05) is 34.7 Å². The van der Waals surface area contributed by atoms with Crippen molar-refractivity contribution in [1.29, 1.82) is 0 Å². The van der Waals surface area contributed by atoms with E-state index in [-0.39, 0.29) is 5.82 Å². The average Bonchev–Trinajstić information content (AvgIpc) is 2.08. The van der Waals surface area contributed by atoms with E-state index in [0.29, 0.717) is 9.49 Å². The lowest BCUT2D eigenvalue weighted by Gasteiger charge is -2.08. The van der Waals surface area contributed by atoms with E-state index in [1.54, 1.807) is 6.07 Å². The van der Waals surface area contributed by atoms with Gasteiger partial charge in [0.1, 0.15) is 5.82 Å². The Bertz CT molecular complexity index is 271. The maximum atomic E-state index is 12.9. The molecular formula is C10H12FI. The second-order valence-corrected chi connectivity index (χ2v) is 4.15. The van der Waals surface area contributed by atoms with Crippen LogP contribution in [0.3, 0.4) is 0 Å². The summed E-state index contributed by atoms with van der Waals surface area (Å²) in [5.41, 5.74) is 1.23. The zero-order valence-electron chi connectivity index (χ0n) is 7.27. The average molecular weight is 278 g/mol. The normalized spacial score (nSPS) is 13.0. The first-order chi connectivity index (χ1) is 5.65. The molecule has 0 aliphatic rings. The summed E-state index contributed by atoms with van der Waals surface area (Å²) in [5, 5.41) is 0. The fraction of sp³-hybridized carbons (Fsp3) is 0.400. The summed E-state index contributed by atoms with van der Waals surface area (Å²) in [6, 6.07) is 5.33. The Balaban J connectivity index is 2.96. The summed E-state index contributed by atoms with van der Waals surface area (Å²) in [6.45, 7) is 4.30. The monoisotopic (exact) mass is 278 g/mol. The lowest BCUT2D eigenvalue weighted by atomic mass is 9.99. The number of hydrogen-bond donors (Lipinski definition) is 0. The van der Waals surface area contributed by atoms with E-state index < -0.39 is 0 Å². The molecule has 0 bridgehead atoms. The Morgan fingerprint density at radius 1 is 1.50 bits per heavy atom. The fourth-order valence-electron chi connectivity index (χ4n) is 1.05. The molecule has 2 heteroatoms. The van der Waals surface area contributed by atoms with Crippen molar-refractivity contribution in [2.24, 2.45) is 0 Å². The molecule has 0 radical (unpaired) electrons. The summed E-state index contributed by atoms with van der Waals surface area (Å²) in [4.78, 5) is 0. The Kier molecular flexibility index (Phi) is 3.50. The van der Waals surface area contributed by atoms with Crippen LogP contribution in [0.5, 0.6) is 0 Å². The highest BCUT2D eigenvalue weighted by Crippen LogP contribution is 2.21. The smallest absolute Gasteiger partial charge is 0.136 e. The molecule has 0 N–H and O–H groups in total. The van der Waals surface area contributed by atoms with Gasteiger partial charge in [-0.25, -0.2) is 4.39 Å². The molecule has 0 saturated heterocycles. The molecule has 0 fully saturated rings. The molecule has 0 amide bonds. The minimum absolute atomic E-state index is 0.123. The quantitative estimate of drug-likeness (QED) is 0.719. The number of benzene rings is 1. The molecule has 0 spiro atoms. The van der Waals surface area contributed by atoms with Crippen molar-refractivity contribution in [1.82, 2.24) is 0 Å². The molecule has 1 aromatic rings. The highest BCUT2D eigenvalue weighted by Gasteiger charge is 2.05. The van der Waals surface area contributed by atoms with Crippen molar-refractivity contribution in [2.45, 2.75) is 26.2 Å². The van der Waals surface area contributed by atoms with Crippen LogP contribution < -0.4 is 0 Å². The molecule has 1 aromatic carbocycles. The highest BCUT2D eigenvalue weighted by molar-refractivity contribution is 14.1. The molecule has 1 atom stereocenters. The second kappa shape index (κ2) is 4.21. The summed E-state index contributed by atoms with van der Waals surface area (Å²) in [5.74, 6) is 0.404. The van der Waals surface area contributed by atoms with E-state index in [1.165, 1.54) is 5.56 Å². The summed E-state index contributed by atoms with van der Waals surface area (Å²) in [7, 11) is 0. The van der Waals surface area contributed by atoms with Crippen molar-refractivity contribution in [3.8, 4) is 0 Å². The lowest BCUT2D eigenvalue weighted by Crippen LogP contribution is -1.93. The van der Waals surface area contributed by atoms with Gasteiger partial charge in [0.2, 0.25) is 0 Å². The van der Waals surface area contributed by atoms with Gasteiger partial charge in [0, 0.05) is 3.57 Å². The topological polar surface area (TPSA) is 0 Å². The second-order valence-electron chi connectivity index (χ2n) is 2.98. The Hall–Kier alpha value is -0.120. The van der Waals surface area contributed by atoms with Crippen molar-refractivity contribution in [3.05, 3.63) is 33.1 Å². The molecule has 0 saturated carbocycles. The predicted molar refractivity (Wildman–Crippen MR) is 57.8 cm³/mol. The van der Waals surface area contributed by atoms with Gasteiger partial charge < -0.3 is 0 Å². The minimum Gasteiger partial charge on any atom is -0.206 e.